The summed E-state index contributed by atoms with van der Waals surface area (Å²) in [4.78, 5) is 14.0. The summed E-state index contributed by atoms with van der Waals surface area (Å²) in [5, 5.41) is 8.99. The third kappa shape index (κ3) is 2.96. The van der Waals surface area contributed by atoms with Crippen molar-refractivity contribution in [2.45, 2.75) is 39.2 Å². The Balaban J connectivity index is 2.66. The first-order valence-electron chi connectivity index (χ1n) is 6.02. The minimum Gasteiger partial charge on any atom is -0.377 e. The first kappa shape index (κ1) is 13.0. The summed E-state index contributed by atoms with van der Waals surface area (Å²) >= 11 is 0. The first-order valence-corrected chi connectivity index (χ1v) is 6.02. The Morgan fingerprint density at radius 1 is 1.62 bits per heavy atom. The van der Waals surface area contributed by atoms with Gasteiger partial charge in [0.15, 0.2) is 0 Å². The van der Waals surface area contributed by atoms with E-state index in [4.69, 9.17) is 10.00 Å². The highest BCUT2D eigenvalue weighted by Crippen LogP contribution is 2.16. The van der Waals surface area contributed by atoms with Crippen LogP contribution in [0.5, 0.6) is 0 Å². The molecule has 1 heterocycles. The highest BCUT2D eigenvalue weighted by molar-refractivity contribution is 5.81. The summed E-state index contributed by atoms with van der Waals surface area (Å²) in [6.07, 6.45) is 2.41. The Hall–Kier alpha value is -1.08. The molecule has 1 rings (SSSR count). The van der Waals surface area contributed by atoms with Gasteiger partial charge in [0, 0.05) is 6.54 Å². The number of nitriles is 1. The molecule has 0 aromatic heterocycles. The average molecular weight is 224 g/mol. The number of carbonyl (C=O) groups is 1. The van der Waals surface area contributed by atoms with E-state index in [0.717, 1.165) is 12.8 Å². The molecule has 0 saturated carbocycles. The molecule has 4 nitrogen and oxygen atoms in total. The molecule has 0 radical (unpaired) electrons. The Morgan fingerprint density at radius 2 is 2.38 bits per heavy atom. The molecule has 90 valence electrons. The maximum Gasteiger partial charge on any atom is 0.240 e. The van der Waals surface area contributed by atoms with Crippen LogP contribution in [0.3, 0.4) is 0 Å². The minimum atomic E-state index is -0.475. The maximum atomic E-state index is 12.1. The summed E-state index contributed by atoms with van der Waals surface area (Å²) in [5.41, 5.74) is 0. The van der Waals surface area contributed by atoms with E-state index < -0.39 is 5.92 Å². The maximum absolute atomic E-state index is 12.1. The molecule has 1 aliphatic heterocycles. The van der Waals surface area contributed by atoms with Gasteiger partial charge in [-0.3, -0.25) is 4.79 Å². The quantitative estimate of drug-likeness (QED) is 0.728. The van der Waals surface area contributed by atoms with Gasteiger partial charge in [0.2, 0.25) is 5.91 Å². The molecular weight excluding hydrogens is 204 g/mol. The summed E-state index contributed by atoms with van der Waals surface area (Å²) < 4.78 is 5.35. The Kier molecular flexibility index (Phi) is 5.27. The predicted octanol–water partition coefficient (Wildman–Crippen LogP) is 1.56. The van der Waals surface area contributed by atoms with Crippen molar-refractivity contribution in [3.63, 3.8) is 0 Å². The van der Waals surface area contributed by atoms with E-state index in [2.05, 4.69) is 6.07 Å². The number of hydrogen-bond donors (Lipinski definition) is 0. The van der Waals surface area contributed by atoms with E-state index in [0.29, 0.717) is 26.2 Å². The lowest BCUT2D eigenvalue weighted by Crippen LogP contribution is -2.50. The summed E-state index contributed by atoms with van der Waals surface area (Å²) in [5.74, 6) is -0.489. The van der Waals surface area contributed by atoms with Crippen LogP contribution in [0.15, 0.2) is 0 Å². The molecule has 1 amide bonds. The largest absolute Gasteiger partial charge is 0.377 e. The number of morpholine rings is 1. The van der Waals surface area contributed by atoms with Crippen molar-refractivity contribution in [3.05, 3.63) is 0 Å². The number of rotatable bonds is 4. The van der Waals surface area contributed by atoms with Crippen molar-refractivity contribution < 1.29 is 9.53 Å². The van der Waals surface area contributed by atoms with Crippen molar-refractivity contribution in [2.75, 3.05) is 19.8 Å². The van der Waals surface area contributed by atoms with Crippen molar-refractivity contribution in [3.8, 4) is 6.07 Å². The van der Waals surface area contributed by atoms with Gasteiger partial charge in [0.25, 0.3) is 0 Å². The third-order valence-electron chi connectivity index (χ3n) is 3.01. The number of nitrogens with zero attached hydrogens (tertiary/aromatic N) is 2. The van der Waals surface area contributed by atoms with Gasteiger partial charge in [-0.1, -0.05) is 20.3 Å². The van der Waals surface area contributed by atoms with Gasteiger partial charge in [0.1, 0.15) is 5.92 Å². The summed E-state index contributed by atoms with van der Waals surface area (Å²) in [7, 11) is 0. The molecule has 0 aliphatic carbocycles. The van der Waals surface area contributed by atoms with Crippen LogP contribution in [-0.4, -0.2) is 36.6 Å². The van der Waals surface area contributed by atoms with Crippen molar-refractivity contribution in [1.29, 1.82) is 5.26 Å². The Morgan fingerprint density at radius 3 is 2.94 bits per heavy atom. The van der Waals surface area contributed by atoms with Gasteiger partial charge in [-0.2, -0.15) is 5.26 Å². The Bertz CT molecular complexity index is 273. The highest BCUT2D eigenvalue weighted by atomic mass is 16.5. The zero-order valence-corrected chi connectivity index (χ0v) is 10.1. The molecular formula is C12H20N2O2. The second-order valence-corrected chi connectivity index (χ2v) is 4.14. The molecule has 4 heteroatoms. The van der Waals surface area contributed by atoms with Crippen LogP contribution >= 0.6 is 0 Å². The number of ether oxygens (including phenoxy) is 1. The standard InChI is InChI=1S/C12H20N2O2/c1-3-5-10(8-13)12(15)14-6-7-16-9-11(14)4-2/h10-11H,3-7,9H2,1-2H3. The zero-order chi connectivity index (χ0) is 12.0. The van der Waals surface area contributed by atoms with Crippen LogP contribution in [0.1, 0.15) is 33.1 Å². The van der Waals surface area contributed by atoms with Crippen LogP contribution in [0, 0.1) is 17.2 Å². The van der Waals surface area contributed by atoms with Crippen molar-refractivity contribution >= 4 is 5.91 Å². The zero-order valence-electron chi connectivity index (χ0n) is 10.1. The fraction of sp³-hybridized carbons (Fsp3) is 0.833. The van der Waals surface area contributed by atoms with Crippen LogP contribution in [0.2, 0.25) is 0 Å². The minimum absolute atomic E-state index is 0.0144. The van der Waals surface area contributed by atoms with E-state index in [1.54, 1.807) is 0 Å². The number of amides is 1. The lowest BCUT2D eigenvalue weighted by atomic mass is 10.0. The Labute approximate surface area is 97.2 Å². The number of carbonyl (C=O) groups excluding carboxylic acids is 1. The first-order chi connectivity index (χ1) is 7.74. The molecule has 0 aromatic carbocycles. The fourth-order valence-corrected chi connectivity index (χ4v) is 2.02. The van der Waals surface area contributed by atoms with Gasteiger partial charge in [-0.25, -0.2) is 0 Å². The van der Waals surface area contributed by atoms with Gasteiger partial charge in [-0.15, -0.1) is 0 Å². The monoisotopic (exact) mass is 224 g/mol. The van der Waals surface area contributed by atoms with Crippen LogP contribution in [0.25, 0.3) is 0 Å². The molecule has 16 heavy (non-hydrogen) atoms. The SMILES string of the molecule is CCCC(C#N)C(=O)N1CCOCC1CC. The van der Waals surface area contributed by atoms with E-state index in [9.17, 15) is 4.79 Å². The van der Waals surface area contributed by atoms with Gasteiger partial charge in [-0.05, 0) is 12.8 Å². The van der Waals surface area contributed by atoms with Crippen molar-refractivity contribution in [2.24, 2.45) is 5.92 Å². The van der Waals surface area contributed by atoms with E-state index in [-0.39, 0.29) is 11.9 Å². The second kappa shape index (κ2) is 6.49. The lowest BCUT2D eigenvalue weighted by Gasteiger charge is -2.36. The van der Waals surface area contributed by atoms with Gasteiger partial charge in [0.05, 0.1) is 25.3 Å². The van der Waals surface area contributed by atoms with E-state index in [1.165, 1.54) is 0 Å². The topological polar surface area (TPSA) is 53.3 Å². The van der Waals surface area contributed by atoms with Gasteiger partial charge < -0.3 is 9.64 Å². The molecule has 2 unspecified atom stereocenters. The molecule has 2 atom stereocenters. The summed E-state index contributed by atoms with van der Waals surface area (Å²) in [6.45, 7) is 5.85. The number of hydrogen-bond acceptors (Lipinski definition) is 3. The fourth-order valence-electron chi connectivity index (χ4n) is 2.02. The van der Waals surface area contributed by atoms with Crippen LogP contribution in [0.4, 0.5) is 0 Å². The highest BCUT2D eigenvalue weighted by Gasteiger charge is 2.30. The van der Waals surface area contributed by atoms with E-state index in [1.807, 2.05) is 18.7 Å². The molecule has 0 bridgehead atoms. The predicted molar refractivity (Wildman–Crippen MR) is 60.6 cm³/mol. The average Bonchev–Trinajstić information content (AvgIpc) is 2.35. The molecule has 0 N–H and O–H groups in total. The second-order valence-electron chi connectivity index (χ2n) is 4.14. The molecule has 0 spiro atoms. The molecule has 1 aliphatic rings. The smallest absolute Gasteiger partial charge is 0.240 e. The van der Waals surface area contributed by atoms with Crippen molar-refractivity contribution in [1.82, 2.24) is 4.90 Å². The molecule has 1 fully saturated rings. The van der Waals surface area contributed by atoms with E-state index >= 15 is 0 Å². The lowest BCUT2D eigenvalue weighted by molar-refractivity contribution is -0.142. The van der Waals surface area contributed by atoms with Gasteiger partial charge >= 0.3 is 0 Å². The summed E-state index contributed by atoms with van der Waals surface area (Å²) in [6, 6.07) is 2.26. The van der Waals surface area contributed by atoms with Crippen LogP contribution in [-0.2, 0) is 9.53 Å². The molecule has 1 saturated heterocycles. The van der Waals surface area contributed by atoms with Crippen LogP contribution < -0.4 is 0 Å². The normalized spacial score (nSPS) is 22.6. The third-order valence-corrected chi connectivity index (χ3v) is 3.01. The molecule has 0 aromatic rings.